The number of nitrogens with two attached hydrogens (primary N) is 1. The SMILES string of the molecule is NCC(F)c1ccc(F)cc1. The summed E-state index contributed by atoms with van der Waals surface area (Å²) in [4.78, 5) is 0. The van der Waals surface area contributed by atoms with Gasteiger partial charge in [-0.05, 0) is 17.7 Å². The minimum Gasteiger partial charge on any atom is -0.327 e. The molecule has 0 amide bonds. The summed E-state index contributed by atoms with van der Waals surface area (Å²) in [5.41, 5.74) is 5.50. The summed E-state index contributed by atoms with van der Waals surface area (Å²) in [5, 5.41) is 0. The van der Waals surface area contributed by atoms with Gasteiger partial charge >= 0.3 is 0 Å². The summed E-state index contributed by atoms with van der Waals surface area (Å²) in [6.45, 7) is -0.0639. The van der Waals surface area contributed by atoms with Gasteiger partial charge in [0.2, 0.25) is 0 Å². The molecule has 11 heavy (non-hydrogen) atoms. The van der Waals surface area contributed by atoms with E-state index in [1.54, 1.807) is 0 Å². The summed E-state index contributed by atoms with van der Waals surface area (Å²) in [5.74, 6) is -0.363. The summed E-state index contributed by atoms with van der Waals surface area (Å²) < 4.78 is 25.0. The van der Waals surface area contributed by atoms with Crippen LogP contribution in [0, 0.1) is 5.82 Å². The van der Waals surface area contributed by atoms with Crippen molar-refractivity contribution in [2.45, 2.75) is 6.17 Å². The fraction of sp³-hybridized carbons (Fsp3) is 0.250. The van der Waals surface area contributed by atoms with Crippen LogP contribution >= 0.6 is 0 Å². The monoisotopic (exact) mass is 157 g/mol. The molecule has 1 aromatic rings. The summed E-state index contributed by atoms with van der Waals surface area (Å²) >= 11 is 0. The molecule has 60 valence electrons. The molecule has 1 unspecified atom stereocenters. The molecule has 1 rings (SSSR count). The normalized spacial score (nSPS) is 13.0. The van der Waals surface area contributed by atoms with Crippen LogP contribution in [0.15, 0.2) is 24.3 Å². The maximum Gasteiger partial charge on any atom is 0.137 e. The molecule has 0 saturated carbocycles. The Bertz CT molecular complexity index is 220. The third kappa shape index (κ3) is 1.98. The van der Waals surface area contributed by atoms with Gasteiger partial charge in [0.25, 0.3) is 0 Å². The minimum absolute atomic E-state index is 0.0639. The zero-order valence-electron chi connectivity index (χ0n) is 5.93. The molecule has 0 radical (unpaired) electrons. The zero-order valence-corrected chi connectivity index (χ0v) is 5.93. The molecule has 0 fully saturated rings. The van der Waals surface area contributed by atoms with E-state index in [9.17, 15) is 8.78 Å². The molecule has 0 spiro atoms. The van der Waals surface area contributed by atoms with Gasteiger partial charge in [-0.25, -0.2) is 8.78 Å². The first-order valence-electron chi connectivity index (χ1n) is 3.33. The van der Waals surface area contributed by atoms with Crippen LogP contribution < -0.4 is 5.73 Å². The van der Waals surface area contributed by atoms with E-state index in [4.69, 9.17) is 5.73 Å². The number of hydrogen-bond donors (Lipinski definition) is 1. The third-order valence-electron chi connectivity index (χ3n) is 1.44. The zero-order chi connectivity index (χ0) is 8.27. The molecule has 0 bridgehead atoms. The lowest BCUT2D eigenvalue weighted by Crippen LogP contribution is -2.07. The Morgan fingerprint density at radius 3 is 2.27 bits per heavy atom. The topological polar surface area (TPSA) is 26.0 Å². The Morgan fingerprint density at radius 2 is 1.82 bits per heavy atom. The molecule has 1 aromatic carbocycles. The van der Waals surface area contributed by atoms with Crippen LogP contribution in [0.4, 0.5) is 8.78 Å². The van der Waals surface area contributed by atoms with Crippen LogP contribution in [-0.2, 0) is 0 Å². The standard InChI is InChI=1S/C8H9F2N/c9-7-3-1-6(2-4-7)8(10)5-11/h1-4,8H,5,11H2. The highest BCUT2D eigenvalue weighted by atomic mass is 19.1. The van der Waals surface area contributed by atoms with Crippen molar-refractivity contribution in [3.63, 3.8) is 0 Å². The van der Waals surface area contributed by atoms with Crippen LogP contribution in [0.3, 0.4) is 0 Å². The van der Waals surface area contributed by atoms with Crippen molar-refractivity contribution in [2.75, 3.05) is 6.54 Å². The van der Waals surface area contributed by atoms with Crippen LogP contribution in [0.2, 0.25) is 0 Å². The van der Waals surface area contributed by atoms with Crippen LogP contribution in [0.5, 0.6) is 0 Å². The molecule has 1 nitrogen and oxygen atoms in total. The molecule has 1 atom stereocenters. The van der Waals surface area contributed by atoms with Crippen molar-refractivity contribution in [3.05, 3.63) is 35.6 Å². The van der Waals surface area contributed by atoms with E-state index >= 15 is 0 Å². The first-order valence-corrected chi connectivity index (χ1v) is 3.33. The smallest absolute Gasteiger partial charge is 0.137 e. The van der Waals surface area contributed by atoms with Crippen molar-refractivity contribution in [1.29, 1.82) is 0 Å². The van der Waals surface area contributed by atoms with Crippen LogP contribution in [-0.4, -0.2) is 6.54 Å². The summed E-state index contributed by atoms with van der Waals surface area (Å²) in [7, 11) is 0. The van der Waals surface area contributed by atoms with Gasteiger partial charge in [0.1, 0.15) is 12.0 Å². The average Bonchev–Trinajstić information content (AvgIpc) is 2.05. The molecule has 0 saturated heterocycles. The lowest BCUT2D eigenvalue weighted by atomic mass is 10.1. The number of benzene rings is 1. The average molecular weight is 157 g/mol. The number of rotatable bonds is 2. The molecular formula is C8H9F2N. The Balaban J connectivity index is 2.81. The largest absolute Gasteiger partial charge is 0.327 e. The van der Waals surface area contributed by atoms with Crippen LogP contribution in [0.25, 0.3) is 0 Å². The van der Waals surface area contributed by atoms with Crippen molar-refractivity contribution >= 4 is 0 Å². The molecule has 0 aliphatic carbocycles. The second-order valence-electron chi connectivity index (χ2n) is 2.25. The van der Waals surface area contributed by atoms with Gasteiger partial charge in [0, 0.05) is 6.54 Å². The quantitative estimate of drug-likeness (QED) is 0.695. The Kier molecular flexibility index (Phi) is 2.54. The molecule has 0 heterocycles. The third-order valence-corrected chi connectivity index (χ3v) is 1.44. The minimum atomic E-state index is -1.18. The highest BCUT2D eigenvalue weighted by molar-refractivity contribution is 5.18. The van der Waals surface area contributed by atoms with E-state index in [-0.39, 0.29) is 12.4 Å². The van der Waals surface area contributed by atoms with E-state index in [1.807, 2.05) is 0 Å². The first-order chi connectivity index (χ1) is 5.24. The first kappa shape index (κ1) is 8.14. The van der Waals surface area contributed by atoms with E-state index in [0.717, 1.165) is 0 Å². The van der Waals surface area contributed by atoms with E-state index in [1.165, 1.54) is 24.3 Å². The second-order valence-corrected chi connectivity index (χ2v) is 2.25. The molecule has 3 heteroatoms. The number of halogens is 2. The van der Waals surface area contributed by atoms with Crippen molar-refractivity contribution in [2.24, 2.45) is 5.73 Å². The molecule has 0 aliphatic rings. The summed E-state index contributed by atoms with van der Waals surface area (Å²) in [6, 6.07) is 5.23. The van der Waals surface area contributed by atoms with Crippen LogP contribution in [0.1, 0.15) is 11.7 Å². The lowest BCUT2D eigenvalue weighted by molar-refractivity contribution is 0.352. The van der Waals surface area contributed by atoms with E-state index < -0.39 is 6.17 Å². The van der Waals surface area contributed by atoms with Gasteiger partial charge in [-0.3, -0.25) is 0 Å². The fourth-order valence-electron chi connectivity index (χ4n) is 0.808. The lowest BCUT2D eigenvalue weighted by Gasteiger charge is -2.03. The maximum absolute atomic E-state index is 12.7. The van der Waals surface area contributed by atoms with E-state index in [0.29, 0.717) is 5.56 Å². The predicted octanol–water partition coefficient (Wildman–Crippen LogP) is 1.79. The van der Waals surface area contributed by atoms with Gasteiger partial charge in [-0.2, -0.15) is 0 Å². The molecule has 0 aromatic heterocycles. The summed E-state index contributed by atoms with van der Waals surface area (Å²) in [6.07, 6.45) is -1.18. The highest BCUT2D eigenvalue weighted by Crippen LogP contribution is 2.15. The van der Waals surface area contributed by atoms with Gasteiger partial charge < -0.3 is 5.73 Å². The van der Waals surface area contributed by atoms with Gasteiger partial charge in [-0.1, -0.05) is 12.1 Å². The molecular weight excluding hydrogens is 148 g/mol. The Morgan fingerprint density at radius 1 is 1.27 bits per heavy atom. The second kappa shape index (κ2) is 3.44. The molecule has 0 aliphatic heterocycles. The van der Waals surface area contributed by atoms with Gasteiger partial charge in [0.05, 0.1) is 0 Å². The van der Waals surface area contributed by atoms with Crippen molar-refractivity contribution in [1.82, 2.24) is 0 Å². The maximum atomic E-state index is 12.7. The Hall–Kier alpha value is -0.960. The highest BCUT2D eigenvalue weighted by Gasteiger charge is 2.05. The predicted molar refractivity (Wildman–Crippen MR) is 39.3 cm³/mol. The molecule has 2 N–H and O–H groups in total. The van der Waals surface area contributed by atoms with Crippen molar-refractivity contribution in [3.8, 4) is 0 Å². The van der Waals surface area contributed by atoms with Gasteiger partial charge in [-0.15, -0.1) is 0 Å². The van der Waals surface area contributed by atoms with Crippen molar-refractivity contribution < 1.29 is 8.78 Å². The Labute approximate surface area is 63.8 Å². The van der Waals surface area contributed by atoms with E-state index in [2.05, 4.69) is 0 Å². The number of alkyl halides is 1. The van der Waals surface area contributed by atoms with Gasteiger partial charge in [0.15, 0.2) is 0 Å². The fourth-order valence-corrected chi connectivity index (χ4v) is 0.808. The number of hydrogen-bond acceptors (Lipinski definition) is 1.